The summed E-state index contributed by atoms with van der Waals surface area (Å²) in [5.41, 5.74) is 12.9. The van der Waals surface area contributed by atoms with Gasteiger partial charge in [-0.05, 0) is 42.0 Å². The molecule has 0 fully saturated rings. The highest BCUT2D eigenvalue weighted by molar-refractivity contribution is 6.20. The first-order valence-corrected chi connectivity index (χ1v) is 17.6. The van der Waals surface area contributed by atoms with Gasteiger partial charge in [0.2, 0.25) is 0 Å². The van der Waals surface area contributed by atoms with Crippen LogP contribution in [0.4, 0.5) is 0 Å². The van der Waals surface area contributed by atoms with Crippen LogP contribution in [-0.2, 0) is 0 Å². The van der Waals surface area contributed by atoms with E-state index in [9.17, 15) is 0 Å². The van der Waals surface area contributed by atoms with E-state index in [1.54, 1.807) is 0 Å². The summed E-state index contributed by atoms with van der Waals surface area (Å²) in [4.78, 5) is 10.3. The van der Waals surface area contributed by atoms with E-state index in [0.29, 0.717) is 5.82 Å². The predicted molar refractivity (Wildman–Crippen MR) is 215 cm³/mol. The summed E-state index contributed by atoms with van der Waals surface area (Å²) >= 11 is 0. The van der Waals surface area contributed by atoms with Gasteiger partial charge in [-0.3, -0.25) is 0 Å². The Morgan fingerprint density at radius 3 is 1.58 bits per heavy atom. The van der Waals surface area contributed by atoms with Crippen molar-refractivity contribution in [3.8, 4) is 56.4 Å². The molecule has 244 valence electrons. The summed E-state index contributed by atoms with van der Waals surface area (Å²) < 4.78 is 4.78. The SMILES string of the molecule is c1ccc(-c2cc(-c3ccccc3)nc(-c3cccc(-n4c5ccccc5c5ccc6c(-c7ccccc7)cn(-c7ccccc7)c6c54)c3)n2)cc1. The molecule has 0 saturated heterocycles. The molecule has 52 heavy (non-hydrogen) atoms. The van der Waals surface area contributed by atoms with Crippen LogP contribution in [0.1, 0.15) is 0 Å². The molecule has 7 aromatic carbocycles. The topological polar surface area (TPSA) is 35.6 Å². The first-order chi connectivity index (χ1) is 25.8. The number of nitrogens with zero attached hydrogens (tertiary/aromatic N) is 4. The molecule has 3 heterocycles. The van der Waals surface area contributed by atoms with Gasteiger partial charge in [-0.25, -0.2) is 9.97 Å². The zero-order valence-electron chi connectivity index (χ0n) is 28.3. The molecular formula is C48H32N4. The molecule has 0 radical (unpaired) electrons. The molecule has 0 aliphatic rings. The Hall–Kier alpha value is -7.04. The van der Waals surface area contributed by atoms with E-state index in [4.69, 9.17) is 9.97 Å². The van der Waals surface area contributed by atoms with Gasteiger partial charge in [0, 0.05) is 56.0 Å². The Morgan fingerprint density at radius 1 is 0.365 bits per heavy atom. The third kappa shape index (κ3) is 5.00. The monoisotopic (exact) mass is 664 g/mol. The minimum Gasteiger partial charge on any atom is -0.314 e. The molecule has 10 rings (SSSR count). The summed E-state index contributed by atoms with van der Waals surface area (Å²) in [6.45, 7) is 0. The molecule has 0 aliphatic heterocycles. The summed E-state index contributed by atoms with van der Waals surface area (Å²) in [5, 5.41) is 3.62. The van der Waals surface area contributed by atoms with Gasteiger partial charge < -0.3 is 9.13 Å². The molecule has 0 atom stereocenters. The van der Waals surface area contributed by atoms with Gasteiger partial charge in [-0.1, -0.05) is 152 Å². The Kier molecular flexibility index (Phi) is 7.10. The Morgan fingerprint density at radius 2 is 0.904 bits per heavy atom. The van der Waals surface area contributed by atoms with Crippen LogP contribution in [-0.4, -0.2) is 19.1 Å². The maximum Gasteiger partial charge on any atom is 0.160 e. The predicted octanol–water partition coefficient (Wildman–Crippen LogP) is 12.2. The molecule has 0 unspecified atom stereocenters. The van der Waals surface area contributed by atoms with Crippen molar-refractivity contribution >= 4 is 32.7 Å². The van der Waals surface area contributed by atoms with Gasteiger partial charge in [0.25, 0.3) is 0 Å². The second-order valence-electron chi connectivity index (χ2n) is 13.1. The van der Waals surface area contributed by atoms with Crippen LogP contribution in [0.2, 0.25) is 0 Å². The van der Waals surface area contributed by atoms with E-state index < -0.39 is 0 Å². The van der Waals surface area contributed by atoms with Crippen LogP contribution in [0, 0.1) is 0 Å². The molecule has 3 aromatic heterocycles. The minimum absolute atomic E-state index is 0.687. The van der Waals surface area contributed by atoms with E-state index in [0.717, 1.165) is 56.0 Å². The van der Waals surface area contributed by atoms with Crippen LogP contribution >= 0.6 is 0 Å². The number of rotatable bonds is 6. The molecule has 4 nitrogen and oxygen atoms in total. The van der Waals surface area contributed by atoms with Crippen LogP contribution in [0.5, 0.6) is 0 Å². The van der Waals surface area contributed by atoms with Crippen molar-refractivity contribution in [2.75, 3.05) is 0 Å². The van der Waals surface area contributed by atoms with Crippen molar-refractivity contribution in [3.05, 3.63) is 194 Å². The van der Waals surface area contributed by atoms with Crippen molar-refractivity contribution in [1.82, 2.24) is 19.1 Å². The maximum atomic E-state index is 5.16. The van der Waals surface area contributed by atoms with Crippen LogP contribution in [0.15, 0.2) is 194 Å². The summed E-state index contributed by atoms with van der Waals surface area (Å²) in [7, 11) is 0. The van der Waals surface area contributed by atoms with Gasteiger partial charge in [0.05, 0.1) is 27.9 Å². The molecule has 10 aromatic rings. The average Bonchev–Trinajstić information content (AvgIpc) is 3.79. The van der Waals surface area contributed by atoms with Crippen molar-refractivity contribution in [1.29, 1.82) is 0 Å². The van der Waals surface area contributed by atoms with Crippen molar-refractivity contribution in [2.45, 2.75) is 0 Å². The fourth-order valence-electron chi connectivity index (χ4n) is 7.55. The van der Waals surface area contributed by atoms with Crippen LogP contribution < -0.4 is 0 Å². The molecule has 0 saturated carbocycles. The highest BCUT2D eigenvalue weighted by Crippen LogP contribution is 2.42. The number of hydrogen-bond donors (Lipinski definition) is 0. The van der Waals surface area contributed by atoms with Gasteiger partial charge in [0.1, 0.15) is 0 Å². The lowest BCUT2D eigenvalue weighted by atomic mass is 10.0. The molecule has 0 spiro atoms. The number of fused-ring (bicyclic) bond motifs is 5. The largest absolute Gasteiger partial charge is 0.314 e. The fourth-order valence-corrected chi connectivity index (χ4v) is 7.55. The van der Waals surface area contributed by atoms with Crippen LogP contribution in [0.25, 0.3) is 89.1 Å². The lowest BCUT2D eigenvalue weighted by Crippen LogP contribution is -1.99. The number of para-hydroxylation sites is 2. The van der Waals surface area contributed by atoms with E-state index in [1.807, 2.05) is 12.1 Å². The summed E-state index contributed by atoms with van der Waals surface area (Å²) in [6.07, 6.45) is 2.29. The van der Waals surface area contributed by atoms with E-state index in [2.05, 4.69) is 191 Å². The second-order valence-corrected chi connectivity index (χ2v) is 13.1. The quantitative estimate of drug-likeness (QED) is 0.177. The van der Waals surface area contributed by atoms with Gasteiger partial charge in [-0.2, -0.15) is 0 Å². The number of benzene rings is 7. The second kappa shape index (κ2) is 12.4. The summed E-state index contributed by atoms with van der Waals surface area (Å²) in [6, 6.07) is 66.1. The average molecular weight is 665 g/mol. The van der Waals surface area contributed by atoms with Gasteiger partial charge in [0.15, 0.2) is 5.82 Å². The lowest BCUT2D eigenvalue weighted by Gasteiger charge is -2.13. The zero-order valence-corrected chi connectivity index (χ0v) is 28.3. The zero-order chi connectivity index (χ0) is 34.4. The molecular weight excluding hydrogens is 633 g/mol. The first kappa shape index (κ1) is 29.8. The number of aromatic nitrogens is 4. The standard InChI is InChI=1S/C48H32N4/c1-5-16-33(17-6-1)42-32-51(37-23-11-4-12-24-37)46-41(42)29-28-40-39-26-13-14-27-45(39)52(47(40)46)38-25-15-22-36(30-38)48-49-43(34-18-7-2-8-19-34)31-44(50-48)35-20-9-3-10-21-35/h1-32H. The maximum absolute atomic E-state index is 5.16. The number of hydrogen-bond acceptors (Lipinski definition) is 2. The van der Waals surface area contributed by atoms with Crippen molar-refractivity contribution in [3.63, 3.8) is 0 Å². The first-order valence-electron chi connectivity index (χ1n) is 17.6. The fraction of sp³-hybridized carbons (Fsp3) is 0. The van der Waals surface area contributed by atoms with Crippen molar-refractivity contribution in [2.24, 2.45) is 0 Å². The van der Waals surface area contributed by atoms with Crippen molar-refractivity contribution < 1.29 is 0 Å². The minimum atomic E-state index is 0.687. The highest BCUT2D eigenvalue weighted by atomic mass is 15.0. The third-order valence-corrected chi connectivity index (χ3v) is 9.95. The van der Waals surface area contributed by atoms with E-state index in [-0.39, 0.29) is 0 Å². The summed E-state index contributed by atoms with van der Waals surface area (Å²) in [5.74, 6) is 0.687. The van der Waals surface area contributed by atoms with Crippen LogP contribution in [0.3, 0.4) is 0 Å². The van der Waals surface area contributed by atoms with E-state index in [1.165, 1.54) is 27.3 Å². The molecule has 4 heteroatoms. The Bertz CT molecular complexity index is 2810. The Balaban J connectivity index is 1.25. The van der Waals surface area contributed by atoms with Gasteiger partial charge in [-0.15, -0.1) is 0 Å². The van der Waals surface area contributed by atoms with E-state index >= 15 is 0 Å². The molecule has 0 bridgehead atoms. The molecule has 0 amide bonds. The molecule has 0 N–H and O–H groups in total. The normalized spacial score (nSPS) is 11.5. The van der Waals surface area contributed by atoms with Gasteiger partial charge >= 0.3 is 0 Å². The smallest absolute Gasteiger partial charge is 0.160 e. The third-order valence-electron chi connectivity index (χ3n) is 9.95. The molecule has 0 aliphatic carbocycles. The lowest BCUT2D eigenvalue weighted by molar-refractivity contribution is 1.11. The Labute approximate surface area is 301 Å². The highest BCUT2D eigenvalue weighted by Gasteiger charge is 2.21.